The molecule has 2 aliphatic rings. The number of aliphatic hydroxyl groups is 1. The zero-order valence-corrected chi connectivity index (χ0v) is 18.8. The molecular weight excluding hydrogens is 428 g/mol. The molecule has 2 aromatic rings. The van der Waals surface area contributed by atoms with Gasteiger partial charge >= 0.3 is 0 Å². The van der Waals surface area contributed by atoms with Gasteiger partial charge < -0.3 is 38.3 Å². The van der Waals surface area contributed by atoms with Crippen molar-refractivity contribution in [3.8, 4) is 11.5 Å². The predicted molar refractivity (Wildman–Crippen MR) is 119 cm³/mol. The highest BCUT2D eigenvalue weighted by Crippen LogP contribution is 2.36. The standard InChI is InChI=1S/C25H30O8/c1-4-13-29-25-23(30-14-16-5-9-18(27-2)10-6-16)21(26)22-20(32-25)15-31-24(33-22)17-7-11-19(28-3)12-8-17/h4-12,20-26H,1,13-15H2,2-3H3/t20-,21+,22-,23-,24-,25-/m1/s1. The Morgan fingerprint density at radius 2 is 1.64 bits per heavy atom. The summed E-state index contributed by atoms with van der Waals surface area (Å²) in [6.45, 7) is 4.45. The molecule has 8 heteroatoms. The lowest BCUT2D eigenvalue weighted by Crippen LogP contribution is -2.62. The molecule has 178 valence electrons. The average Bonchev–Trinajstić information content (AvgIpc) is 2.87. The Hall–Kier alpha value is -2.46. The van der Waals surface area contributed by atoms with E-state index in [1.807, 2.05) is 48.5 Å². The largest absolute Gasteiger partial charge is 0.497 e. The minimum absolute atomic E-state index is 0.248. The number of methoxy groups -OCH3 is 2. The number of fused-ring (bicyclic) bond motifs is 1. The van der Waals surface area contributed by atoms with Crippen LogP contribution >= 0.6 is 0 Å². The second-order valence-electron chi connectivity index (χ2n) is 7.82. The van der Waals surface area contributed by atoms with E-state index >= 15 is 0 Å². The van der Waals surface area contributed by atoms with Crippen molar-refractivity contribution in [2.45, 2.75) is 43.6 Å². The summed E-state index contributed by atoms with van der Waals surface area (Å²) < 4.78 is 40.3. The fraction of sp³-hybridized carbons (Fsp3) is 0.440. The van der Waals surface area contributed by atoms with Crippen molar-refractivity contribution in [2.75, 3.05) is 27.4 Å². The number of benzene rings is 2. The summed E-state index contributed by atoms with van der Waals surface area (Å²) in [4.78, 5) is 0. The van der Waals surface area contributed by atoms with Gasteiger partial charge in [0.2, 0.25) is 0 Å². The van der Waals surface area contributed by atoms with E-state index in [0.29, 0.717) is 0 Å². The van der Waals surface area contributed by atoms with Crippen molar-refractivity contribution in [3.05, 3.63) is 72.3 Å². The molecule has 0 amide bonds. The van der Waals surface area contributed by atoms with E-state index in [0.717, 1.165) is 22.6 Å². The van der Waals surface area contributed by atoms with Crippen molar-refractivity contribution >= 4 is 0 Å². The molecule has 4 rings (SSSR count). The second-order valence-corrected chi connectivity index (χ2v) is 7.82. The van der Waals surface area contributed by atoms with Crippen molar-refractivity contribution in [1.82, 2.24) is 0 Å². The first kappa shape index (κ1) is 23.7. The van der Waals surface area contributed by atoms with Crippen LogP contribution in [0.15, 0.2) is 61.2 Å². The van der Waals surface area contributed by atoms with Crippen LogP contribution < -0.4 is 9.47 Å². The molecule has 0 aromatic heterocycles. The summed E-state index contributed by atoms with van der Waals surface area (Å²) in [7, 11) is 3.23. The van der Waals surface area contributed by atoms with Gasteiger partial charge in [-0.3, -0.25) is 0 Å². The lowest BCUT2D eigenvalue weighted by atomic mass is 9.97. The van der Waals surface area contributed by atoms with Gasteiger partial charge in [-0.05, 0) is 29.8 Å². The molecule has 2 fully saturated rings. The van der Waals surface area contributed by atoms with Crippen molar-refractivity contribution in [2.24, 2.45) is 0 Å². The Morgan fingerprint density at radius 3 is 2.27 bits per heavy atom. The van der Waals surface area contributed by atoms with Crippen molar-refractivity contribution in [3.63, 3.8) is 0 Å². The maximum Gasteiger partial charge on any atom is 0.187 e. The minimum atomic E-state index is -0.985. The van der Waals surface area contributed by atoms with Crippen LogP contribution in [0.3, 0.4) is 0 Å². The molecule has 0 bridgehead atoms. The van der Waals surface area contributed by atoms with Crippen LogP contribution in [0.25, 0.3) is 0 Å². The summed E-state index contributed by atoms with van der Waals surface area (Å²) >= 11 is 0. The number of hydrogen-bond acceptors (Lipinski definition) is 8. The van der Waals surface area contributed by atoms with Crippen LogP contribution in [0.1, 0.15) is 17.4 Å². The third-order valence-corrected chi connectivity index (χ3v) is 5.68. The molecule has 0 aliphatic carbocycles. The van der Waals surface area contributed by atoms with Gasteiger partial charge in [0.1, 0.15) is 35.9 Å². The first-order valence-electron chi connectivity index (χ1n) is 10.8. The van der Waals surface area contributed by atoms with Crippen LogP contribution in [0.2, 0.25) is 0 Å². The Balaban J connectivity index is 1.46. The van der Waals surface area contributed by atoms with E-state index in [2.05, 4.69) is 6.58 Å². The maximum atomic E-state index is 11.2. The summed E-state index contributed by atoms with van der Waals surface area (Å²) in [6.07, 6.45) is -2.69. The normalized spacial score (nSPS) is 29.2. The number of ether oxygens (including phenoxy) is 7. The molecule has 33 heavy (non-hydrogen) atoms. The SMILES string of the molecule is C=CCO[C@@H]1O[C@@H]2CO[C@@H](c3ccc(OC)cc3)O[C@H]2[C@H](O)[C@H]1OCc1ccc(OC)cc1. The van der Waals surface area contributed by atoms with Gasteiger partial charge in [0.05, 0.1) is 34.0 Å². The van der Waals surface area contributed by atoms with Crippen molar-refractivity contribution in [1.29, 1.82) is 0 Å². The first-order chi connectivity index (χ1) is 16.1. The molecule has 0 radical (unpaired) electrons. The maximum absolute atomic E-state index is 11.2. The van der Waals surface area contributed by atoms with Crippen LogP contribution in [0.5, 0.6) is 11.5 Å². The van der Waals surface area contributed by atoms with Crippen LogP contribution in [0.4, 0.5) is 0 Å². The molecule has 0 unspecified atom stereocenters. The van der Waals surface area contributed by atoms with E-state index in [4.69, 9.17) is 33.2 Å². The molecule has 0 spiro atoms. The fourth-order valence-corrected chi connectivity index (χ4v) is 3.89. The third-order valence-electron chi connectivity index (χ3n) is 5.68. The summed E-state index contributed by atoms with van der Waals surface area (Å²) in [5, 5.41) is 11.2. The molecule has 2 aliphatic heterocycles. The molecule has 8 nitrogen and oxygen atoms in total. The monoisotopic (exact) mass is 458 g/mol. The molecule has 0 saturated carbocycles. The van der Waals surface area contributed by atoms with Gasteiger partial charge in [0.15, 0.2) is 12.6 Å². The van der Waals surface area contributed by atoms with Crippen LogP contribution in [-0.4, -0.2) is 63.2 Å². The summed E-state index contributed by atoms with van der Waals surface area (Å²) in [5.41, 5.74) is 1.75. The Kier molecular flexibility index (Phi) is 7.97. The van der Waals surface area contributed by atoms with Gasteiger partial charge in [0.25, 0.3) is 0 Å². The zero-order valence-electron chi connectivity index (χ0n) is 18.8. The minimum Gasteiger partial charge on any atom is -0.497 e. The Morgan fingerprint density at radius 1 is 0.970 bits per heavy atom. The second kappa shape index (κ2) is 11.1. The fourth-order valence-electron chi connectivity index (χ4n) is 3.89. The Bertz CT molecular complexity index is 884. The topological polar surface area (TPSA) is 84.8 Å². The first-order valence-corrected chi connectivity index (χ1v) is 10.8. The highest BCUT2D eigenvalue weighted by atomic mass is 16.8. The van der Waals surface area contributed by atoms with E-state index in [1.54, 1.807) is 20.3 Å². The summed E-state index contributed by atoms with van der Waals surface area (Å²) in [6, 6.07) is 14.9. The highest BCUT2D eigenvalue weighted by Gasteiger charge is 2.50. The van der Waals surface area contributed by atoms with E-state index in [-0.39, 0.29) is 19.8 Å². The van der Waals surface area contributed by atoms with E-state index in [1.165, 1.54) is 0 Å². The zero-order chi connectivity index (χ0) is 23.2. The number of rotatable bonds is 9. The Labute approximate surface area is 193 Å². The molecular formula is C25H30O8. The quantitative estimate of drug-likeness (QED) is 0.574. The van der Waals surface area contributed by atoms with Gasteiger partial charge in [0, 0.05) is 5.56 Å². The number of hydrogen-bond donors (Lipinski definition) is 1. The van der Waals surface area contributed by atoms with Gasteiger partial charge in [-0.15, -0.1) is 6.58 Å². The van der Waals surface area contributed by atoms with E-state index < -0.39 is 37.0 Å². The average molecular weight is 459 g/mol. The molecule has 1 N–H and O–H groups in total. The van der Waals surface area contributed by atoms with E-state index in [9.17, 15) is 5.11 Å². The molecule has 2 saturated heterocycles. The summed E-state index contributed by atoms with van der Waals surface area (Å²) in [5.74, 6) is 1.50. The van der Waals surface area contributed by atoms with Crippen molar-refractivity contribution < 1.29 is 38.3 Å². The predicted octanol–water partition coefficient (Wildman–Crippen LogP) is 2.99. The van der Waals surface area contributed by atoms with Gasteiger partial charge in [-0.25, -0.2) is 0 Å². The smallest absolute Gasteiger partial charge is 0.187 e. The number of aliphatic hydroxyl groups excluding tert-OH is 1. The highest BCUT2D eigenvalue weighted by molar-refractivity contribution is 5.28. The van der Waals surface area contributed by atoms with Gasteiger partial charge in [-0.1, -0.05) is 30.3 Å². The van der Waals surface area contributed by atoms with Crippen LogP contribution in [-0.2, 0) is 30.3 Å². The third kappa shape index (κ3) is 5.55. The molecule has 6 atom stereocenters. The lowest BCUT2D eigenvalue weighted by molar-refractivity contribution is -0.365. The molecule has 2 heterocycles. The molecule has 2 aromatic carbocycles. The lowest BCUT2D eigenvalue weighted by Gasteiger charge is -2.47. The van der Waals surface area contributed by atoms with Crippen LogP contribution in [0, 0.1) is 0 Å². The van der Waals surface area contributed by atoms with Gasteiger partial charge in [-0.2, -0.15) is 0 Å².